The van der Waals surface area contributed by atoms with Gasteiger partial charge in [-0.05, 0) is 24.6 Å². The third-order valence-electron chi connectivity index (χ3n) is 2.43. The van der Waals surface area contributed by atoms with E-state index in [-0.39, 0.29) is 5.88 Å². The van der Waals surface area contributed by atoms with Crippen LogP contribution in [0.15, 0.2) is 28.7 Å². The van der Waals surface area contributed by atoms with E-state index in [0.29, 0.717) is 11.8 Å². The summed E-state index contributed by atoms with van der Waals surface area (Å²) in [6, 6.07) is 7.61. The van der Waals surface area contributed by atoms with Crippen molar-refractivity contribution in [2.75, 3.05) is 6.61 Å². The van der Waals surface area contributed by atoms with Gasteiger partial charge in [0, 0.05) is 5.56 Å². The standard InChI is InChI=1S/C13H15ClN2O2/c1-2-3-7-17-11-6-4-5-10(8-11)13-16-15-12(9-14)18-13/h4-6,8H,2-3,7,9H2,1H3. The number of hydrogen-bond donors (Lipinski definition) is 0. The zero-order chi connectivity index (χ0) is 12.8. The van der Waals surface area contributed by atoms with E-state index in [9.17, 15) is 0 Å². The molecule has 5 heteroatoms. The van der Waals surface area contributed by atoms with Gasteiger partial charge in [-0.25, -0.2) is 0 Å². The Hall–Kier alpha value is -1.55. The minimum Gasteiger partial charge on any atom is -0.494 e. The molecule has 2 aromatic rings. The summed E-state index contributed by atoms with van der Waals surface area (Å²) in [6.45, 7) is 2.85. The average molecular weight is 267 g/mol. The molecule has 1 heterocycles. The van der Waals surface area contributed by atoms with Gasteiger partial charge < -0.3 is 9.15 Å². The molecule has 18 heavy (non-hydrogen) atoms. The highest BCUT2D eigenvalue weighted by Gasteiger charge is 2.08. The molecule has 0 fully saturated rings. The Balaban J connectivity index is 2.11. The van der Waals surface area contributed by atoms with Crippen molar-refractivity contribution in [1.82, 2.24) is 10.2 Å². The fourth-order valence-electron chi connectivity index (χ4n) is 1.48. The summed E-state index contributed by atoms with van der Waals surface area (Å²) in [6.07, 6.45) is 2.16. The van der Waals surface area contributed by atoms with Gasteiger partial charge in [0.1, 0.15) is 11.6 Å². The zero-order valence-electron chi connectivity index (χ0n) is 10.2. The first-order chi connectivity index (χ1) is 8.83. The van der Waals surface area contributed by atoms with Crippen LogP contribution in [-0.2, 0) is 5.88 Å². The van der Waals surface area contributed by atoms with E-state index in [0.717, 1.165) is 30.8 Å². The number of halogens is 1. The number of aromatic nitrogens is 2. The average Bonchev–Trinajstić information content (AvgIpc) is 2.88. The van der Waals surface area contributed by atoms with E-state index in [1.54, 1.807) is 0 Å². The molecule has 96 valence electrons. The van der Waals surface area contributed by atoms with Crippen molar-refractivity contribution in [2.24, 2.45) is 0 Å². The molecule has 0 aliphatic rings. The third-order valence-corrected chi connectivity index (χ3v) is 2.66. The number of rotatable bonds is 6. The number of nitrogens with zero attached hydrogens (tertiary/aromatic N) is 2. The van der Waals surface area contributed by atoms with E-state index >= 15 is 0 Å². The number of unbranched alkanes of at least 4 members (excludes halogenated alkanes) is 1. The molecule has 0 unspecified atom stereocenters. The van der Waals surface area contributed by atoms with Crippen LogP contribution in [-0.4, -0.2) is 16.8 Å². The second kappa shape index (κ2) is 6.40. The van der Waals surface area contributed by atoms with Crippen molar-refractivity contribution < 1.29 is 9.15 Å². The topological polar surface area (TPSA) is 48.2 Å². The fraction of sp³-hybridized carbons (Fsp3) is 0.385. The molecule has 2 rings (SSSR count). The molecule has 0 amide bonds. The maximum Gasteiger partial charge on any atom is 0.247 e. The fourth-order valence-corrected chi connectivity index (χ4v) is 1.59. The summed E-state index contributed by atoms with van der Waals surface area (Å²) < 4.78 is 11.0. The van der Waals surface area contributed by atoms with Crippen LogP contribution in [0.25, 0.3) is 11.5 Å². The molecule has 0 saturated carbocycles. The number of alkyl halides is 1. The Morgan fingerprint density at radius 1 is 1.33 bits per heavy atom. The predicted octanol–water partition coefficient (Wildman–Crippen LogP) is 3.65. The van der Waals surface area contributed by atoms with Gasteiger partial charge in [-0.1, -0.05) is 19.4 Å². The Kier molecular flexibility index (Phi) is 4.59. The van der Waals surface area contributed by atoms with E-state index in [4.69, 9.17) is 20.8 Å². The van der Waals surface area contributed by atoms with E-state index in [1.807, 2.05) is 24.3 Å². The third kappa shape index (κ3) is 3.23. The highest BCUT2D eigenvalue weighted by Crippen LogP contribution is 2.23. The van der Waals surface area contributed by atoms with Gasteiger partial charge in [0.05, 0.1) is 6.61 Å². The van der Waals surface area contributed by atoms with Crippen LogP contribution in [0.1, 0.15) is 25.7 Å². The van der Waals surface area contributed by atoms with Gasteiger partial charge in [-0.15, -0.1) is 21.8 Å². The minimum absolute atomic E-state index is 0.222. The van der Waals surface area contributed by atoms with Gasteiger partial charge in [-0.2, -0.15) is 0 Å². The van der Waals surface area contributed by atoms with Gasteiger partial charge in [0.15, 0.2) is 0 Å². The van der Waals surface area contributed by atoms with Crippen LogP contribution in [0.5, 0.6) is 5.75 Å². The van der Waals surface area contributed by atoms with Crippen LogP contribution < -0.4 is 4.74 Å². The number of benzene rings is 1. The van der Waals surface area contributed by atoms with E-state index in [2.05, 4.69) is 17.1 Å². The smallest absolute Gasteiger partial charge is 0.247 e. The molecule has 0 aliphatic carbocycles. The van der Waals surface area contributed by atoms with Crippen LogP contribution in [0.2, 0.25) is 0 Å². The SMILES string of the molecule is CCCCOc1cccc(-c2nnc(CCl)o2)c1. The minimum atomic E-state index is 0.222. The van der Waals surface area contributed by atoms with Crippen molar-refractivity contribution in [3.63, 3.8) is 0 Å². The van der Waals surface area contributed by atoms with Crippen molar-refractivity contribution in [3.8, 4) is 17.2 Å². The monoisotopic (exact) mass is 266 g/mol. The molecule has 0 spiro atoms. The van der Waals surface area contributed by atoms with Crippen LogP contribution in [0, 0.1) is 0 Å². The van der Waals surface area contributed by atoms with E-state index in [1.165, 1.54) is 0 Å². The molecule has 0 aliphatic heterocycles. The van der Waals surface area contributed by atoms with Crippen molar-refractivity contribution in [2.45, 2.75) is 25.6 Å². The first-order valence-corrected chi connectivity index (χ1v) is 6.48. The maximum atomic E-state index is 5.63. The normalized spacial score (nSPS) is 10.6. The van der Waals surface area contributed by atoms with Crippen LogP contribution >= 0.6 is 11.6 Å². The second-order valence-corrected chi connectivity index (χ2v) is 4.13. The molecule has 1 aromatic heterocycles. The summed E-state index contributed by atoms with van der Waals surface area (Å²) in [5.41, 5.74) is 0.841. The molecule has 0 saturated heterocycles. The Morgan fingerprint density at radius 2 is 2.22 bits per heavy atom. The summed E-state index contributed by atoms with van der Waals surface area (Å²) in [5, 5.41) is 7.76. The number of ether oxygens (including phenoxy) is 1. The van der Waals surface area contributed by atoms with Crippen molar-refractivity contribution >= 4 is 11.6 Å². The maximum absolute atomic E-state index is 5.63. The molecule has 0 N–H and O–H groups in total. The second-order valence-electron chi connectivity index (χ2n) is 3.86. The first-order valence-electron chi connectivity index (χ1n) is 5.95. The quantitative estimate of drug-likeness (QED) is 0.591. The Morgan fingerprint density at radius 3 is 2.94 bits per heavy atom. The highest BCUT2D eigenvalue weighted by molar-refractivity contribution is 6.16. The first kappa shape index (κ1) is 12.9. The molecular weight excluding hydrogens is 252 g/mol. The van der Waals surface area contributed by atoms with Gasteiger partial charge >= 0.3 is 0 Å². The highest BCUT2D eigenvalue weighted by atomic mass is 35.5. The van der Waals surface area contributed by atoms with Crippen LogP contribution in [0.4, 0.5) is 0 Å². The summed E-state index contributed by atoms with van der Waals surface area (Å²) in [7, 11) is 0. The largest absolute Gasteiger partial charge is 0.494 e. The lowest BCUT2D eigenvalue weighted by molar-refractivity contribution is 0.309. The molecular formula is C13H15ClN2O2. The summed E-state index contributed by atoms with van der Waals surface area (Å²) in [4.78, 5) is 0. The predicted molar refractivity (Wildman–Crippen MR) is 69.7 cm³/mol. The van der Waals surface area contributed by atoms with Gasteiger partial charge in [-0.3, -0.25) is 0 Å². The van der Waals surface area contributed by atoms with Gasteiger partial charge in [0.2, 0.25) is 11.8 Å². The lowest BCUT2D eigenvalue weighted by Crippen LogP contribution is -1.96. The van der Waals surface area contributed by atoms with Crippen LogP contribution in [0.3, 0.4) is 0 Å². The van der Waals surface area contributed by atoms with Crippen molar-refractivity contribution in [1.29, 1.82) is 0 Å². The number of hydrogen-bond acceptors (Lipinski definition) is 4. The molecule has 1 aromatic carbocycles. The summed E-state index contributed by atoms with van der Waals surface area (Å²) in [5.74, 6) is 1.92. The van der Waals surface area contributed by atoms with E-state index < -0.39 is 0 Å². The molecule has 0 radical (unpaired) electrons. The molecule has 4 nitrogen and oxygen atoms in total. The lowest BCUT2D eigenvalue weighted by atomic mass is 10.2. The molecule has 0 bridgehead atoms. The Bertz CT molecular complexity index is 499. The van der Waals surface area contributed by atoms with Gasteiger partial charge in [0.25, 0.3) is 0 Å². The summed E-state index contributed by atoms with van der Waals surface area (Å²) >= 11 is 5.62. The van der Waals surface area contributed by atoms with Crippen molar-refractivity contribution in [3.05, 3.63) is 30.2 Å². The zero-order valence-corrected chi connectivity index (χ0v) is 11.0. The lowest BCUT2D eigenvalue weighted by Gasteiger charge is -2.05. The molecule has 0 atom stereocenters. The Labute approximate surface area is 111 Å².